The molecule has 0 aliphatic heterocycles. The van der Waals surface area contributed by atoms with Crippen LogP contribution in [0.3, 0.4) is 0 Å². The van der Waals surface area contributed by atoms with Crippen LogP contribution in [0.5, 0.6) is 5.75 Å². The zero-order valence-corrected chi connectivity index (χ0v) is 12.5. The second-order valence-corrected chi connectivity index (χ2v) is 6.63. The second-order valence-electron chi connectivity index (χ2n) is 6.63. The Hall–Kier alpha value is -1.02. The minimum Gasteiger partial charge on any atom is -0.494 e. The van der Waals surface area contributed by atoms with Crippen molar-refractivity contribution in [2.45, 2.75) is 58.4 Å². The third-order valence-corrected chi connectivity index (χ3v) is 4.44. The van der Waals surface area contributed by atoms with Crippen LogP contribution < -0.4 is 10.5 Å². The van der Waals surface area contributed by atoms with Gasteiger partial charge in [-0.1, -0.05) is 32.4 Å². The summed E-state index contributed by atoms with van der Waals surface area (Å²) in [5.41, 5.74) is 8.19. The van der Waals surface area contributed by atoms with Crippen LogP contribution in [0.2, 0.25) is 0 Å². The van der Waals surface area contributed by atoms with E-state index in [9.17, 15) is 0 Å². The maximum absolute atomic E-state index is 6.71. The summed E-state index contributed by atoms with van der Waals surface area (Å²) in [5.74, 6) is 0.938. The molecule has 1 aromatic carbocycles. The average Bonchev–Trinajstić information content (AvgIpc) is 2.50. The number of rotatable bonds is 3. The third kappa shape index (κ3) is 3.50. The van der Waals surface area contributed by atoms with Gasteiger partial charge in [0.1, 0.15) is 5.75 Å². The molecule has 2 N–H and O–H groups in total. The first kappa shape index (κ1) is 14.4. The van der Waals surface area contributed by atoms with Crippen molar-refractivity contribution in [1.29, 1.82) is 0 Å². The zero-order chi connectivity index (χ0) is 13.9. The molecule has 0 aromatic heterocycles. The van der Waals surface area contributed by atoms with E-state index in [1.54, 1.807) is 0 Å². The molecule has 1 unspecified atom stereocenters. The summed E-state index contributed by atoms with van der Waals surface area (Å²) >= 11 is 0. The number of benzene rings is 1. The molecule has 0 radical (unpaired) electrons. The summed E-state index contributed by atoms with van der Waals surface area (Å²) in [6.07, 6.45) is 5.82. The van der Waals surface area contributed by atoms with Gasteiger partial charge >= 0.3 is 0 Å². The van der Waals surface area contributed by atoms with E-state index in [-0.39, 0.29) is 5.54 Å². The van der Waals surface area contributed by atoms with Gasteiger partial charge in [0.15, 0.2) is 0 Å². The lowest BCUT2D eigenvalue weighted by Gasteiger charge is -2.30. The number of hydrogen-bond acceptors (Lipinski definition) is 2. The van der Waals surface area contributed by atoms with Crippen molar-refractivity contribution in [2.75, 3.05) is 6.61 Å². The predicted octanol–water partition coefficient (Wildman–Crippen LogP) is 4.23. The summed E-state index contributed by atoms with van der Waals surface area (Å²) < 4.78 is 5.60. The molecule has 19 heavy (non-hydrogen) atoms. The summed E-state index contributed by atoms with van der Waals surface area (Å²) in [5, 5.41) is 0. The maximum atomic E-state index is 6.71. The molecule has 0 heterocycles. The van der Waals surface area contributed by atoms with E-state index in [1.165, 1.54) is 24.8 Å². The third-order valence-electron chi connectivity index (χ3n) is 4.44. The summed E-state index contributed by atoms with van der Waals surface area (Å²) in [4.78, 5) is 0. The van der Waals surface area contributed by atoms with Gasteiger partial charge in [-0.3, -0.25) is 0 Å². The van der Waals surface area contributed by atoms with Crippen molar-refractivity contribution in [3.8, 4) is 5.75 Å². The van der Waals surface area contributed by atoms with E-state index in [0.29, 0.717) is 12.0 Å². The minimum atomic E-state index is -0.180. The summed E-state index contributed by atoms with van der Waals surface area (Å²) in [6, 6.07) is 8.35. The molecule has 1 fully saturated rings. The van der Waals surface area contributed by atoms with E-state index >= 15 is 0 Å². The lowest BCUT2D eigenvalue weighted by molar-refractivity contribution is 0.298. The van der Waals surface area contributed by atoms with E-state index < -0.39 is 0 Å². The standard InChI is InChI=1S/C17H27NO/c1-4-19-15-8-5-7-14(13-15)17(18)10-6-9-16(2,3)11-12-17/h5,7-8,13H,4,6,9-12,18H2,1-3H3. The van der Waals surface area contributed by atoms with Crippen LogP contribution in [0.25, 0.3) is 0 Å². The van der Waals surface area contributed by atoms with E-state index in [1.807, 2.05) is 13.0 Å². The van der Waals surface area contributed by atoms with Crippen LogP contribution in [0.4, 0.5) is 0 Å². The highest BCUT2D eigenvalue weighted by atomic mass is 16.5. The Bertz CT molecular complexity index is 427. The van der Waals surface area contributed by atoms with Gasteiger partial charge in [-0.05, 0) is 55.7 Å². The SMILES string of the molecule is CCOc1cccc(C2(N)CCCC(C)(C)CC2)c1. The molecule has 2 nitrogen and oxygen atoms in total. The normalized spacial score (nSPS) is 26.7. The summed E-state index contributed by atoms with van der Waals surface area (Å²) in [6.45, 7) is 7.43. The quantitative estimate of drug-likeness (QED) is 0.826. The van der Waals surface area contributed by atoms with Crippen LogP contribution >= 0.6 is 0 Å². The Morgan fingerprint density at radius 3 is 2.68 bits per heavy atom. The molecule has 0 bridgehead atoms. The van der Waals surface area contributed by atoms with Gasteiger partial charge in [0, 0.05) is 5.54 Å². The van der Waals surface area contributed by atoms with E-state index in [0.717, 1.165) is 18.6 Å². The van der Waals surface area contributed by atoms with Crippen molar-refractivity contribution in [3.63, 3.8) is 0 Å². The van der Waals surface area contributed by atoms with E-state index in [4.69, 9.17) is 10.5 Å². The molecular weight excluding hydrogens is 234 g/mol. The van der Waals surface area contributed by atoms with Crippen molar-refractivity contribution in [1.82, 2.24) is 0 Å². The number of hydrogen-bond donors (Lipinski definition) is 1. The first-order valence-corrected chi connectivity index (χ1v) is 7.47. The number of ether oxygens (including phenoxy) is 1. The fraction of sp³-hybridized carbons (Fsp3) is 0.647. The summed E-state index contributed by atoms with van der Waals surface area (Å²) in [7, 11) is 0. The Morgan fingerprint density at radius 1 is 1.16 bits per heavy atom. The molecule has 1 saturated carbocycles. The second kappa shape index (κ2) is 5.54. The van der Waals surface area contributed by atoms with Crippen LogP contribution in [0.15, 0.2) is 24.3 Å². The smallest absolute Gasteiger partial charge is 0.119 e. The number of nitrogens with two attached hydrogens (primary N) is 1. The lowest BCUT2D eigenvalue weighted by Crippen LogP contribution is -2.36. The van der Waals surface area contributed by atoms with Crippen LogP contribution in [-0.2, 0) is 5.54 Å². The molecular formula is C17H27NO. The Kier molecular flexibility index (Phi) is 4.19. The lowest BCUT2D eigenvalue weighted by atomic mass is 9.81. The van der Waals surface area contributed by atoms with Crippen LogP contribution in [-0.4, -0.2) is 6.61 Å². The Labute approximate surface area is 117 Å². The molecule has 1 atom stereocenters. The fourth-order valence-electron chi connectivity index (χ4n) is 3.04. The zero-order valence-electron chi connectivity index (χ0n) is 12.5. The Morgan fingerprint density at radius 2 is 1.95 bits per heavy atom. The Balaban J connectivity index is 2.21. The highest BCUT2D eigenvalue weighted by Gasteiger charge is 2.33. The molecule has 2 rings (SSSR count). The average molecular weight is 261 g/mol. The maximum Gasteiger partial charge on any atom is 0.119 e. The van der Waals surface area contributed by atoms with Crippen molar-refractivity contribution >= 4 is 0 Å². The highest BCUT2D eigenvalue weighted by Crippen LogP contribution is 2.41. The van der Waals surface area contributed by atoms with Crippen LogP contribution in [0.1, 0.15) is 58.4 Å². The van der Waals surface area contributed by atoms with Crippen molar-refractivity contribution in [2.24, 2.45) is 11.1 Å². The van der Waals surface area contributed by atoms with Gasteiger partial charge in [-0.25, -0.2) is 0 Å². The van der Waals surface area contributed by atoms with Gasteiger partial charge in [-0.15, -0.1) is 0 Å². The highest BCUT2D eigenvalue weighted by molar-refractivity contribution is 5.33. The topological polar surface area (TPSA) is 35.2 Å². The van der Waals surface area contributed by atoms with E-state index in [2.05, 4.69) is 32.0 Å². The van der Waals surface area contributed by atoms with Crippen molar-refractivity contribution in [3.05, 3.63) is 29.8 Å². The fourth-order valence-corrected chi connectivity index (χ4v) is 3.04. The van der Waals surface area contributed by atoms with Gasteiger partial charge < -0.3 is 10.5 Å². The predicted molar refractivity (Wildman–Crippen MR) is 80.3 cm³/mol. The van der Waals surface area contributed by atoms with Gasteiger partial charge in [0.2, 0.25) is 0 Å². The monoisotopic (exact) mass is 261 g/mol. The van der Waals surface area contributed by atoms with Crippen molar-refractivity contribution < 1.29 is 4.74 Å². The molecule has 1 aliphatic carbocycles. The molecule has 0 amide bonds. The van der Waals surface area contributed by atoms with Gasteiger partial charge in [0.25, 0.3) is 0 Å². The van der Waals surface area contributed by atoms with Crippen LogP contribution in [0, 0.1) is 5.41 Å². The molecule has 1 aromatic rings. The van der Waals surface area contributed by atoms with Gasteiger partial charge in [0.05, 0.1) is 6.61 Å². The minimum absolute atomic E-state index is 0.180. The molecule has 1 aliphatic rings. The van der Waals surface area contributed by atoms with Gasteiger partial charge in [-0.2, -0.15) is 0 Å². The molecule has 2 heteroatoms. The molecule has 106 valence electrons. The molecule has 0 saturated heterocycles. The molecule has 0 spiro atoms. The first-order chi connectivity index (χ1) is 8.95. The largest absolute Gasteiger partial charge is 0.494 e. The first-order valence-electron chi connectivity index (χ1n) is 7.47.